The van der Waals surface area contributed by atoms with Gasteiger partial charge in [0.2, 0.25) is 0 Å². The number of thiol groups is 1. The minimum absolute atomic E-state index is 0.263. The summed E-state index contributed by atoms with van der Waals surface area (Å²) in [6.45, 7) is 0. The Labute approximate surface area is 130 Å². The highest BCUT2D eigenvalue weighted by molar-refractivity contribution is 7.80. The summed E-state index contributed by atoms with van der Waals surface area (Å²) in [7, 11) is 0. The number of nitrogens with zero attached hydrogens (tertiary/aromatic N) is 4. The van der Waals surface area contributed by atoms with E-state index in [-0.39, 0.29) is 5.15 Å². The van der Waals surface area contributed by atoms with Crippen LogP contribution in [0.2, 0.25) is 10.3 Å². The van der Waals surface area contributed by atoms with Crippen LogP contribution in [0, 0.1) is 0 Å². The fraction of sp³-hybridized carbons (Fsp3) is 0. The summed E-state index contributed by atoms with van der Waals surface area (Å²) < 4.78 is 1.71. The van der Waals surface area contributed by atoms with Crippen molar-refractivity contribution in [2.75, 3.05) is 0 Å². The number of halogens is 2. The largest absolute Gasteiger partial charge is 0.288 e. The summed E-state index contributed by atoms with van der Waals surface area (Å²) >= 11 is 16.2. The third kappa shape index (κ3) is 2.40. The van der Waals surface area contributed by atoms with Crippen LogP contribution < -0.4 is 0 Å². The van der Waals surface area contributed by atoms with E-state index in [0.717, 1.165) is 16.9 Å². The molecule has 0 aliphatic rings. The fourth-order valence-electron chi connectivity index (χ4n) is 1.88. The first-order valence-corrected chi connectivity index (χ1v) is 6.87. The second-order valence-electron chi connectivity index (χ2n) is 3.96. The fourth-order valence-corrected chi connectivity index (χ4v) is 2.37. The number of aromatic nitrogens is 4. The number of imidazole rings is 1. The van der Waals surface area contributed by atoms with E-state index in [4.69, 9.17) is 23.2 Å². The van der Waals surface area contributed by atoms with Crippen LogP contribution in [-0.2, 0) is 0 Å². The molecule has 2 heterocycles. The van der Waals surface area contributed by atoms with Crippen molar-refractivity contribution in [3.8, 4) is 16.9 Å². The molecule has 7 heteroatoms. The molecule has 3 rings (SSSR count). The highest BCUT2D eigenvalue weighted by Crippen LogP contribution is 2.30. The molecule has 0 bridgehead atoms. The number of para-hydroxylation sites is 1. The lowest BCUT2D eigenvalue weighted by atomic mass is 10.1. The third-order valence-corrected chi connectivity index (χ3v) is 3.70. The lowest BCUT2D eigenvalue weighted by Gasteiger charge is -2.10. The van der Waals surface area contributed by atoms with Gasteiger partial charge in [-0.1, -0.05) is 41.4 Å². The number of benzene rings is 1. The SMILES string of the molecule is Sc1nccc(-c2ccccc2-n2cnc(Cl)c2Cl)n1. The number of hydrogen-bond donors (Lipinski definition) is 1. The van der Waals surface area contributed by atoms with Crippen LogP contribution in [0.5, 0.6) is 0 Å². The molecule has 3 aromatic rings. The van der Waals surface area contributed by atoms with Crippen molar-refractivity contribution in [1.82, 2.24) is 19.5 Å². The Morgan fingerprint density at radius 2 is 1.85 bits per heavy atom. The van der Waals surface area contributed by atoms with Crippen LogP contribution >= 0.6 is 35.8 Å². The van der Waals surface area contributed by atoms with Crippen LogP contribution in [0.1, 0.15) is 0 Å². The molecule has 20 heavy (non-hydrogen) atoms. The molecule has 0 aliphatic heterocycles. The van der Waals surface area contributed by atoms with Crippen molar-refractivity contribution in [1.29, 1.82) is 0 Å². The first-order chi connectivity index (χ1) is 9.66. The normalized spacial score (nSPS) is 10.8. The Hall–Kier alpha value is -1.56. The predicted molar refractivity (Wildman–Crippen MR) is 81.9 cm³/mol. The molecule has 0 atom stereocenters. The van der Waals surface area contributed by atoms with Crippen LogP contribution in [0.25, 0.3) is 16.9 Å². The Bertz CT molecular complexity index is 773. The van der Waals surface area contributed by atoms with Gasteiger partial charge in [0, 0.05) is 11.8 Å². The van der Waals surface area contributed by atoms with Crippen molar-refractivity contribution in [3.63, 3.8) is 0 Å². The van der Waals surface area contributed by atoms with E-state index in [1.807, 2.05) is 30.3 Å². The highest BCUT2D eigenvalue weighted by Gasteiger charge is 2.13. The molecule has 0 saturated carbocycles. The zero-order chi connectivity index (χ0) is 14.1. The Kier molecular flexibility index (Phi) is 3.65. The van der Waals surface area contributed by atoms with Gasteiger partial charge in [0.1, 0.15) is 6.33 Å². The van der Waals surface area contributed by atoms with Crippen molar-refractivity contribution >= 4 is 35.8 Å². The average Bonchev–Trinajstić information content (AvgIpc) is 2.79. The van der Waals surface area contributed by atoms with Gasteiger partial charge < -0.3 is 0 Å². The lowest BCUT2D eigenvalue weighted by Crippen LogP contribution is -1.97. The monoisotopic (exact) mass is 322 g/mol. The lowest BCUT2D eigenvalue weighted by molar-refractivity contribution is 0.975. The van der Waals surface area contributed by atoms with E-state index < -0.39 is 0 Å². The van der Waals surface area contributed by atoms with E-state index in [9.17, 15) is 0 Å². The van der Waals surface area contributed by atoms with Gasteiger partial charge in [0.05, 0.1) is 11.4 Å². The molecular formula is C13H8Cl2N4S. The second kappa shape index (κ2) is 5.44. The average molecular weight is 323 g/mol. The van der Waals surface area contributed by atoms with Gasteiger partial charge in [0.25, 0.3) is 0 Å². The standard InChI is InChI=1S/C13H8Cl2N4S/c14-11-12(15)19(7-17-11)10-4-2-1-3-8(10)9-5-6-16-13(20)18-9/h1-7H,(H,16,18,20). The third-order valence-electron chi connectivity index (χ3n) is 2.75. The second-order valence-corrected chi connectivity index (χ2v) is 5.07. The molecule has 0 unspecified atom stereocenters. The van der Waals surface area contributed by atoms with Gasteiger partial charge >= 0.3 is 0 Å². The van der Waals surface area contributed by atoms with Gasteiger partial charge in [-0.05, 0) is 12.1 Å². The maximum Gasteiger partial charge on any atom is 0.184 e. The van der Waals surface area contributed by atoms with E-state index in [1.165, 1.54) is 0 Å². The molecule has 4 nitrogen and oxygen atoms in total. The van der Waals surface area contributed by atoms with Crippen LogP contribution in [0.3, 0.4) is 0 Å². The molecule has 0 radical (unpaired) electrons. The van der Waals surface area contributed by atoms with E-state index in [0.29, 0.717) is 10.3 Å². The predicted octanol–water partition coefficient (Wildman–Crippen LogP) is 3.92. The molecule has 0 aliphatic carbocycles. The summed E-state index contributed by atoms with van der Waals surface area (Å²) in [5.74, 6) is 0. The zero-order valence-electron chi connectivity index (χ0n) is 10.0. The zero-order valence-corrected chi connectivity index (χ0v) is 12.4. The van der Waals surface area contributed by atoms with Crippen molar-refractivity contribution < 1.29 is 0 Å². The van der Waals surface area contributed by atoms with Crippen molar-refractivity contribution in [2.45, 2.75) is 5.16 Å². The van der Waals surface area contributed by atoms with E-state index >= 15 is 0 Å². The summed E-state index contributed by atoms with van der Waals surface area (Å²) in [6.07, 6.45) is 3.23. The molecule has 0 saturated heterocycles. The first kappa shape index (κ1) is 13.4. The molecule has 0 spiro atoms. The van der Waals surface area contributed by atoms with Crippen LogP contribution in [0.15, 0.2) is 48.0 Å². The smallest absolute Gasteiger partial charge is 0.184 e. The van der Waals surface area contributed by atoms with Crippen LogP contribution in [-0.4, -0.2) is 19.5 Å². The Morgan fingerprint density at radius 3 is 2.55 bits per heavy atom. The highest BCUT2D eigenvalue weighted by atomic mass is 35.5. The molecule has 0 N–H and O–H groups in total. The first-order valence-electron chi connectivity index (χ1n) is 5.67. The van der Waals surface area contributed by atoms with Crippen molar-refractivity contribution in [3.05, 3.63) is 53.2 Å². The topological polar surface area (TPSA) is 43.6 Å². The molecule has 0 amide bonds. The summed E-state index contributed by atoms with van der Waals surface area (Å²) in [5, 5.41) is 1.03. The molecule has 0 fully saturated rings. The van der Waals surface area contributed by atoms with Gasteiger partial charge in [-0.2, -0.15) is 0 Å². The molecule has 1 aromatic carbocycles. The van der Waals surface area contributed by atoms with E-state index in [1.54, 1.807) is 17.1 Å². The summed E-state index contributed by atoms with van der Waals surface area (Å²) in [5.41, 5.74) is 2.48. The van der Waals surface area contributed by atoms with Crippen molar-refractivity contribution in [2.24, 2.45) is 0 Å². The van der Waals surface area contributed by atoms with Crippen LogP contribution in [0.4, 0.5) is 0 Å². The maximum atomic E-state index is 6.15. The van der Waals surface area contributed by atoms with E-state index in [2.05, 4.69) is 27.6 Å². The molecule has 100 valence electrons. The summed E-state index contributed by atoms with van der Waals surface area (Å²) in [6, 6.07) is 9.50. The number of rotatable bonds is 2. The van der Waals surface area contributed by atoms with Gasteiger partial charge in [-0.15, -0.1) is 12.6 Å². The number of hydrogen-bond acceptors (Lipinski definition) is 4. The molecular weight excluding hydrogens is 315 g/mol. The summed E-state index contributed by atoms with van der Waals surface area (Å²) in [4.78, 5) is 12.3. The quantitative estimate of drug-likeness (QED) is 0.574. The van der Waals surface area contributed by atoms with Gasteiger partial charge in [-0.3, -0.25) is 4.57 Å². The van der Waals surface area contributed by atoms with Gasteiger partial charge in [0.15, 0.2) is 15.5 Å². The Balaban J connectivity index is 2.21. The minimum atomic E-state index is 0.263. The minimum Gasteiger partial charge on any atom is -0.288 e. The Morgan fingerprint density at radius 1 is 1.05 bits per heavy atom. The van der Waals surface area contributed by atoms with Gasteiger partial charge in [-0.25, -0.2) is 15.0 Å². The maximum absolute atomic E-state index is 6.15. The molecule has 2 aromatic heterocycles.